The van der Waals surface area contributed by atoms with Crippen molar-refractivity contribution in [3.63, 3.8) is 0 Å². The zero-order valence-corrected chi connectivity index (χ0v) is 17.6. The Morgan fingerprint density at radius 1 is 0.500 bits per heavy atom. The van der Waals surface area contributed by atoms with Gasteiger partial charge in [-0.25, -0.2) is 0 Å². The minimum absolute atomic E-state index is 0.0648. The van der Waals surface area contributed by atoms with Gasteiger partial charge in [0.05, 0.1) is 27.8 Å². The third-order valence-electron chi connectivity index (χ3n) is 6.44. The Labute approximate surface area is 193 Å². The lowest BCUT2D eigenvalue weighted by atomic mass is 9.86. The van der Waals surface area contributed by atoms with Crippen LogP contribution in [0.1, 0.15) is 22.3 Å². The van der Waals surface area contributed by atoms with Crippen LogP contribution in [0.25, 0.3) is 54.0 Å². The first-order valence-electron chi connectivity index (χ1n) is 10.5. The van der Waals surface area contributed by atoms with E-state index in [4.69, 9.17) is 0 Å². The number of nitrogens with zero attached hydrogens (tertiary/aromatic N) is 5. The molecule has 0 fully saturated rings. The smallest absolute Gasteiger partial charge is 0.102 e. The minimum Gasteiger partial charge on any atom is -0.256 e. The summed E-state index contributed by atoms with van der Waals surface area (Å²) in [6.07, 6.45) is 1.76. The fourth-order valence-electron chi connectivity index (χ4n) is 5.01. The molecule has 6 aromatic rings. The summed E-state index contributed by atoms with van der Waals surface area (Å²) in [6.45, 7) is 0. The second-order valence-corrected chi connectivity index (χ2v) is 8.00. The summed E-state index contributed by atoms with van der Waals surface area (Å²) in [5.74, 6) is 0. The van der Waals surface area contributed by atoms with E-state index >= 15 is 0 Å². The minimum atomic E-state index is -0.0675. The molecular weight excluding hydrogens is 418 g/mol. The number of hydrogen-bond donors (Lipinski definition) is 0. The molecule has 5 heteroatoms. The number of benzene rings is 5. The third kappa shape index (κ3) is 2.36. The van der Waals surface area contributed by atoms with Crippen molar-refractivity contribution in [3.05, 3.63) is 89.1 Å². The molecule has 0 aliphatic rings. The molecule has 0 saturated heterocycles. The highest BCUT2D eigenvalue weighted by molar-refractivity contribution is 6.32. The maximum atomic E-state index is 9.96. The van der Waals surface area contributed by atoms with Crippen molar-refractivity contribution in [1.82, 2.24) is 4.98 Å². The van der Waals surface area contributed by atoms with Crippen LogP contribution in [-0.4, -0.2) is 4.98 Å². The molecule has 0 aliphatic carbocycles. The van der Waals surface area contributed by atoms with Crippen molar-refractivity contribution in [1.29, 1.82) is 21.0 Å². The highest BCUT2D eigenvalue weighted by atomic mass is 14.6. The third-order valence-corrected chi connectivity index (χ3v) is 6.44. The molecule has 0 radical (unpaired) electrons. The van der Waals surface area contributed by atoms with E-state index in [1.807, 2.05) is 54.6 Å². The SMILES string of the molecule is N#Cc1c(C#N)c(C#N)c2cc3c(cc2c1C#N)c1cccnc1c1ccc2ccccc2c31. The predicted octanol–water partition coefficient (Wildman–Crippen LogP) is 6.33. The molecule has 0 bridgehead atoms. The first-order valence-corrected chi connectivity index (χ1v) is 10.5. The molecule has 5 nitrogen and oxygen atoms in total. The van der Waals surface area contributed by atoms with E-state index in [1.54, 1.807) is 6.20 Å². The van der Waals surface area contributed by atoms with Gasteiger partial charge in [0, 0.05) is 27.7 Å². The summed E-state index contributed by atoms with van der Waals surface area (Å²) in [5, 5.41) is 47.1. The van der Waals surface area contributed by atoms with Crippen molar-refractivity contribution in [2.75, 3.05) is 0 Å². The van der Waals surface area contributed by atoms with E-state index in [9.17, 15) is 21.0 Å². The van der Waals surface area contributed by atoms with Crippen LogP contribution in [0.2, 0.25) is 0 Å². The van der Waals surface area contributed by atoms with Gasteiger partial charge in [-0.3, -0.25) is 4.98 Å². The van der Waals surface area contributed by atoms with Crippen molar-refractivity contribution in [2.45, 2.75) is 0 Å². The number of pyridine rings is 1. The molecule has 0 atom stereocenters. The fourth-order valence-corrected chi connectivity index (χ4v) is 5.01. The van der Waals surface area contributed by atoms with Gasteiger partial charge in [-0.1, -0.05) is 42.5 Å². The Morgan fingerprint density at radius 3 is 1.79 bits per heavy atom. The van der Waals surface area contributed by atoms with E-state index in [2.05, 4.69) is 35.3 Å². The lowest BCUT2D eigenvalue weighted by Gasteiger charge is -2.15. The second kappa shape index (κ2) is 7.01. The fraction of sp³-hybridized carbons (Fsp3) is 0. The summed E-state index contributed by atoms with van der Waals surface area (Å²) >= 11 is 0. The van der Waals surface area contributed by atoms with Crippen LogP contribution in [0, 0.1) is 45.3 Å². The van der Waals surface area contributed by atoms with E-state index in [0.717, 1.165) is 43.2 Å². The van der Waals surface area contributed by atoms with E-state index < -0.39 is 0 Å². The normalized spacial score (nSPS) is 10.8. The van der Waals surface area contributed by atoms with Gasteiger partial charge < -0.3 is 0 Å². The Balaban J connectivity index is 2.02. The quantitative estimate of drug-likeness (QED) is 0.207. The molecular formula is C29H11N5. The zero-order chi connectivity index (χ0) is 23.4. The van der Waals surface area contributed by atoms with Gasteiger partial charge in [-0.2, -0.15) is 21.0 Å². The first kappa shape index (κ1) is 19.2. The maximum Gasteiger partial charge on any atom is 0.102 e. The molecule has 0 spiro atoms. The summed E-state index contributed by atoms with van der Waals surface area (Å²) < 4.78 is 0. The molecule has 1 heterocycles. The highest BCUT2D eigenvalue weighted by Crippen LogP contribution is 2.41. The molecule has 0 amide bonds. The van der Waals surface area contributed by atoms with Gasteiger partial charge in [-0.15, -0.1) is 0 Å². The van der Waals surface area contributed by atoms with Gasteiger partial charge in [0.15, 0.2) is 0 Å². The number of rotatable bonds is 0. The summed E-state index contributed by atoms with van der Waals surface area (Å²) in [5.41, 5.74) is 0.912. The van der Waals surface area contributed by atoms with Gasteiger partial charge in [0.25, 0.3) is 0 Å². The van der Waals surface area contributed by atoms with Crippen LogP contribution in [0.15, 0.2) is 66.9 Å². The van der Waals surface area contributed by atoms with E-state index in [1.165, 1.54) is 0 Å². The van der Waals surface area contributed by atoms with Gasteiger partial charge >= 0.3 is 0 Å². The lowest BCUT2D eigenvalue weighted by molar-refractivity contribution is 1.39. The van der Waals surface area contributed by atoms with Crippen molar-refractivity contribution < 1.29 is 0 Å². The topological polar surface area (TPSA) is 108 Å². The Bertz CT molecular complexity index is 2050. The standard InChI is InChI=1S/C29H11N5/c30-12-24-21-10-20-18-6-3-9-34-29(18)19-8-7-16-4-1-2-5-17(16)28(19)23(20)11-22(21)25(13-31)27(15-33)26(24)14-32/h1-11H. The molecule has 0 aliphatic heterocycles. The van der Waals surface area contributed by atoms with Crippen LogP contribution in [0.5, 0.6) is 0 Å². The Kier molecular flexibility index (Phi) is 3.96. The second-order valence-electron chi connectivity index (χ2n) is 8.00. The molecule has 34 heavy (non-hydrogen) atoms. The molecule has 152 valence electrons. The van der Waals surface area contributed by atoms with Crippen LogP contribution >= 0.6 is 0 Å². The molecule has 0 N–H and O–H groups in total. The molecule has 5 aromatic carbocycles. The van der Waals surface area contributed by atoms with E-state index in [-0.39, 0.29) is 22.3 Å². The number of aromatic nitrogens is 1. The average Bonchev–Trinajstić information content (AvgIpc) is 2.90. The zero-order valence-electron chi connectivity index (χ0n) is 17.6. The van der Waals surface area contributed by atoms with Gasteiger partial charge in [0.1, 0.15) is 24.3 Å². The van der Waals surface area contributed by atoms with Crippen LogP contribution in [0.4, 0.5) is 0 Å². The number of nitriles is 4. The molecule has 0 unspecified atom stereocenters. The molecule has 0 saturated carbocycles. The monoisotopic (exact) mass is 429 g/mol. The van der Waals surface area contributed by atoms with Crippen molar-refractivity contribution in [2.24, 2.45) is 0 Å². The predicted molar refractivity (Wildman–Crippen MR) is 131 cm³/mol. The average molecular weight is 429 g/mol. The summed E-state index contributed by atoms with van der Waals surface area (Å²) in [7, 11) is 0. The van der Waals surface area contributed by atoms with Crippen LogP contribution in [0.3, 0.4) is 0 Å². The van der Waals surface area contributed by atoms with E-state index in [0.29, 0.717) is 10.8 Å². The summed E-state index contributed by atoms with van der Waals surface area (Å²) in [4.78, 5) is 4.67. The number of fused-ring (bicyclic) bond motifs is 9. The highest BCUT2D eigenvalue weighted by Gasteiger charge is 2.22. The Morgan fingerprint density at radius 2 is 1.12 bits per heavy atom. The van der Waals surface area contributed by atoms with Crippen LogP contribution < -0.4 is 0 Å². The van der Waals surface area contributed by atoms with Gasteiger partial charge in [-0.05, 0) is 45.1 Å². The van der Waals surface area contributed by atoms with Crippen molar-refractivity contribution >= 4 is 54.0 Å². The molecule has 6 rings (SSSR count). The van der Waals surface area contributed by atoms with Gasteiger partial charge in [0.2, 0.25) is 0 Å². The lowest BCUT2D eigenvalue weighted by Crippen LogP contribution is -1.98. The molecule has 1 aromatic heterocycles. The van der Waals surface area contributed by atoms with Crippen LogP contribution in [-0.2, 0) is 0 Å². The first-order chi connectivity index (χ1) is 16.7. The number of hydrogen-bond acceptors (Lipinski definition) is 5. The Hall–Kier alpha value is -5.49. The maximum absolute atomic E-state index is 9.96. The van der Waals surface area contributed by atoms with Crippen molar-refractivity contribution in [3.8, 4) is 24.3 Å². The largest absolute Gasteiger partial charge is 0.256 e. The summed E-state index contributed by atoms with van der Waals surface area (Å²) in [6, 6.07) is 27.9.